The maximum atomic E-state index is 12.5. The van der Waals surface area contributed by atoms with Gasteiger partial charge >= 0.3 is 0 Å². The minimum atomic E-state index is -0.113. The highest BCUT2D eigenvalue weighted by Gasteiger charge is 2.26. The van der Waals surface area contributed by atoms with Crippen LogP contribution in [0.2, 0.25) is 0 Å². The van der Waals surface area contributed by atoms with Gasteiger partial charge in [-0.25, -0.2) is 4.68 Å². The van der Waals surface area contributed by atoms with Crippen molar-refractivity contribution in [3.8, 4) is 0 Å². The first kappa shape index (κ1) is 19.4. The number of amides is 2. The molecule has 1 saturated heterocycles. The number of aromatic nitrogens is 3. The molecule has 0 spiro atoms. The lowest BCUT2D eigenvalue weighted by Crippen LogP contribution is -2.39. The molecule has 3 aliphatic rings. The van der Waals surface area contributed by atoms with Gasteiger partial charge in [-0.1, -0.05) is 43.7 Å². The highest BCUT2D eigenvalue weighted by Crippen LogP contribution is 2.29. The third-order valence-electron chi connectivity index (χ3n) is 6.87. The van der Waals surface area contributed by atoms with Crippen LogP contribution in [0.25, 0.3) is 0 Å². The van der Waals surface area contributed by atoms with Crippen molar-refractivity contribution < 1.29 is 9.59 Å². The monoisotopic (exact) mass is 387 g/mol. The quantitative estimate of drug-likeness (QED) is 0.813. The summed E-state index contributed by atoms with van der Waals surface area (Å²) in [5, 5.41) is 11.3. The number of rotatable bonds is 6. The molecular weight excluding hydrogens is 354 g/mol. The molecule has 2 amide bonds. The van der Waals surface area contributed by atoms with Gasteiger partial charge in [0.1, 0.15) is 0 Å². The molecule has 0 aromatic carbocycles. The Labute approximate surface area is 167 Å². The van der Waals surface area contributed by atoms with Gasteiger partial charge in [0.2, 0.25) is 5.91 Å². The van der Waals surface area contributed by atoms with Crippen molar-refractivity contribution in [2.45, 2.75) is 89.1 Å². The topological polar surface area (TPSA) is 80.1 Å². The van der Waals surface area contributed by atoms with E-state index in [1.807, 2.05) is 9.58 Å². The number of piperidine rings is 1. The molecule has 4 rings (SSSR count). The molecule has 0 bridgehead atoms. The Morgan fingerprint density at radius 2 is 1.68 bits per heavy atom. The maximum absolute atomic E-state index is 12.5. The van der Waals surface area contributed by atoms with Crippen LogP contribution >= 0.6 is 0 Å². The highest BCUT2D eigenvalue weighted by molar-refractivity contribution is 5.92. The predicted octanol–water partition coefficient (Wildman–Crippen LogP) is 3.08. The van der Waals surface area contributed by atoms with E-state index < -0.39 is 0 Å². The van der Waals surface area contributed by atoms with Crippen LogP contribution in [0.1, 0.15) is 93.6 Å². The summed E-state index contributed by atoms with van der Waals surface area (Å²) in [7, 11) is 0. The number of carbonyl (C=O) groups excluding carboxylic acids is 2. The molecular formula is C21H33N5O2. The molecule has 0 radical (unpaired) electrons. The number of nitrogens with one attached hydrogen (secondary N) is 1. The van der Waals surface area contributed by atoms with Gasteiger partial charge in [0.05, 0.1) is 12.2 Å². The van der Waals surface area contributed by atoms with Crippen molar-refractivity contribution in [1.82, 2.24) is 25.2 Å². The fraction of sp³-hybridized carbons (Fsp3) is 0.810. The SMILES string of the molecule is O=C(NC1CCCC1)c1cn(C2CCN(C(=O)CCC3CCCC3)CC2)nn1. The smallest absolute Gasteiger partial charge is 0.273 e. The maximum Gasteiger partial charge on any atom is 0.273 e. The second kappa shape index (κ2) is 9.05. The number of hydrogen-bond donors (Lipinski definition) is 1. The third kappa shape index (κ3) is 4.73. The van der Waals surface area contributed by atoms with E-state index in [0.717, 1.165) is 51.1 Å². The van der Waals surface area contributed by atoms with Crippen molar-refractivity contribution in [1.29, 1.82) is 0 Å². The van der Waals surface area contributed by atoms with Crippen molar-refractivity contribution in [3.05, 3.63) is 11.9 Å². The minimum Gasteiger partial charge on any atom is -0.348 e. The summed E-state index contributed by atoms with van der Waals surface area (Å²) < 4.78 is 1.82. The van der Waals surface area contributed by atoms with E-state index in [4.69, 9.17) is 0 Å². The fourth-order valence-electron chi connectivity index (χ4n) is 5.05. The van der Waals surface area contributed by atoms with E-state index in [1.165, 1.54) is 38.5 Å². The second-order valence-corrected chi connectivity index (χ2v) is 8.84. The van der Waals surface area contributed by atoms with E-state index in [1.54, 1.807) is 6.20 Å². The summed E-state index contributed by atoms with van der Waals surface area (Å²) in [6, 6.07) is 0.510. The molecule has 2 heterocycles. The van der Waals surface area contributed by atoms with Crippen molar-refractivity contribution in [2.24, 2.45) is 5.92 Å². The molecule has 0 atom stereocenters. The third-order valence-corrected chi connectivity index (χ3v) is 6.87. The molecule has 7 nitrogen and oxygen atoms in total. The van der Waals surface area contributed by atoms with Gasteiger partial charge in [-0.05, 0) is 38.0 Å². The van der Waals surface area contributed by atoms with E-state index >= 15 is 0 Å². The molecule has 3 fully saturated rings. The average Bonchev–Trinajstić information content (AvgIpc) is 3.48. The lowest BCUT2D eigenvalue weighted by molar-refractivity contribution is -0.132. The lowest BCUT2D eigenvalue weighted by atomic mass is 10.00. The van der Waals surface area contributed by atoms with E-state index in [9.17, 15) is 9.59 Å². The van der Waals surface area contributed by atoms with Gasteiger partial charge in [0, 0.05) is 25.6 Å². The fourth-order valence-corrected chi connectivity index (χ4v) is 5.05. The van der Waals surface area contributed by atoms with E-state index in [2.05, 4.69) is 15.6 Å². The standard InChI is InChI=1S/C21H33N5O2/c27-20(10-9-16-5-1-2-6-16)25-13-11-18(12-14-25)26-15-19(23-24-26)21(28)22-17-7-3-4-8-17/h15-18H,1-14H2,(H,22,28). The molecule has 1 N–H and O–H groups in total. The summed E-state index contributed by atoms with van der Waals surface area (Å²) in [6.07, 6.45) is 15.1. The number of likely N-dealkylation sites (tertiary alicyclic amines) is 1. The number of hydrogen-bond acceptors (Lipinski definition) is 4. The van der Waals surface area contributed by atoms with Gasteiger partial charge < -0.3 is 10.2 Å². The van der Waals surface area contributed by atoms with Gasteiger partial charge in [0.25, 0.3) is 5.91 Å². The van der Waals surface area contributed by atoms with Gasteiger partial charge in [-0.15, -0.1) is 5.10 Å². The van der Waals surface area contributed by atoms with Gasteiger partial charge in [0.15, 0.2) is 5.69 Å². The zero-order valence-electron chi connectivity index (χ0n) is 16.8. The van der Waals surface area contributed by atoms with Crippen LogP contribution in [-0.4, -0.2) is 50.8 Å². The number of nitrogens with zero attached hydrogens (tertiary/aromatic N) is 4. The van der Waals surface area contributed by atoms with Crippen LogP contribution in [0.4, 0.5) is 0 Å². The second-order valence-electron chi connectivity index (χ2n) is 8.84. The lowest BCUT2D eigenvalue weighted by Gasteiger charge is -2.32. The molecule has 1 aromatic heterocycles. The first-order valence-corrected chi connectivity index (χ1v) is 11.2. The Morgan fingerprint density at radius 1 is 1.00 bits per heavy atom. The molecule has 2 aliphatic carbocycles. The van der Waals surface area contributed by atoms with Crippen LogP contribution in [0, 0.1) is 5.92 Å². The Bertz CT molecular complexity index is 668. The van der Waals surface area contributed by atoms with Crippen LogP contribution in [0.15, 0.2) is 6.20 Å². The van der Waals surface area contributed by atoms with Crippen LogP contribution < -0.4 is 5.32 Å². The largest absolute Gasteiger partial charge is 0.348 e. The van der Waals surface area contributed by atoms with Gasteiger partial charge in [-0.3, -0.25) is 9.59 Å². The Balaban J connectivity index is 1.22. The summed E-state index contributed by atoms with van der Waals surface area (Å²) in [5.41, 5.74) is 0.405. The highest BCUT2D eigenvalue weighted by atomic mass is 16.2. The summed E-state index contributed by atoms with van der Waals surface area (Å²) in [6.45, 7) is 1.55. The summed E-state index contributed by atoms with van der Waals surface area (Å²) in [4.78, 5) is 26.8. The van der Waals surface area contributed by atoms with E-state index in [0.29, 0.717) is 18.0 Å². The normalized spacial score (nSPS) is 22.1. The molecule has 1 aliphatic heterocycles. The molecule has 2 saturated carbocycles. The van der Waals surface area contributed by atoms with Crippen molar-refractivity contribution in [3.63, 3.8) is 0 Å². The summed E-state index contributed by atoms with van der Waals surface area (Å²) >= 11 is 0. The molecule has 0 unspecified atom stereocenters. The molecule has 7 heteroatoms. The predicted molar refractivity (Wildman–Crippen MR) is 106 cm³/mol. The van der Waals surface area contributed by atoms with Gasteiger partial charge in [-0.2, -0.15) is 0 Å². The first-order valence-electron chi connectivity index (χ1n) is 11.2. The van der Waals surface area contributed by atoms with Crippen molar-refractivity contribution in [2.75, 3.05) is 13.1 Å². The average molecular weight is 388 g/mol. The molecule has 28 heavy (non-hydrogen) atoms. The number of carbonyl (C=O) groups is 2. The minimum absolute atomic E-state index is 0.113. The van der Waals surface area contributed by atoms with Crippen molar-refractivity contribution >= 4 is 11.8 Å². The molecule has 1 aromatic rings. The Kier molecular flexibility index (Phi) is 6.27. The zero-order chi connectivity index (χ0) is 19.3. The summed E-state index contributed by atoms with van der Waals surface area (Å²) in [5.74, 6) is 0.962. The van der Waals surface area contributed by atoms with Crippen LogP contribution in [0.5, 0.6) is 0 Å². The Hall–Kier alpha value is -1.92. The Morgan fingerprint density at radius 3 is 2.39 bits per heavy atom. The first-order chi connectivity index (χ1) is 13.7. The van der Waals surface area contributed by atoms with E-state index in [-0.39, 0.29) is 18.0 Å². The van der Waals surface area contributed by atoms with Crippen LogP contribution in [-0.2, 0) is 4.79 Å². The zero-order valence-corrected chi connectivity index (χ0v) is 16.8. The van der Waals surface area contributed by atoms with Crippen LogP contribution in [0.3, 0.4) is 0 Å². The molecule has 154 valence electrons.